The van der Waals surface area contributed by atoms with E-state index in [2.05, 4.69) is 0 Å². The first-order chi connectivity index (χ1) is 19.3. The summed E-state index contributed by atoms with van der Waals surface area (Å²) >= 11 is 6.30. The summed E-state index contributed by atoms with van der Waals surface area (Å²) < 4.78 is 49.5. The highest BCUT2D eigenvalue weighted by Crippen LogP contribution is 2.41. The molecule has 1 aromatic heterocycles. The van der Waals surface area contributed by atoms with Gasteiger partial charge in [0.1, 0.15) is 48.8 Å². The van der Waals surface area contributed by atoms with Crippen LogP contribution in [0, 0.1) is 0 Å². The molecule has 5 heterocycles. The van der Waals surface area contributed by atoms with E-state index in [1.165, 1.54) is 23.4 Å². The SMILES string of the molecule is CO[C@@H]1[C@H]2OC(C)(C)O[C@H]2O[C@@H]1[C@H](O)Cn1c(=O)n(C[C@H](O)[C@H]2O[C@H]3OC(C)(C)O[C@@H]3[C@H]2OC)c2ccc(Cl)cc21. The normalized spacial score (nSPS) is 37.0. The van der Waals surface area contributed by atoms with Crippen LogP contribution in [-0.2, 0) is 51.0 Å². The van der Waals surface area contributed by atoms with Crippen molar-refractivity contribution in [1.29, 1.82) is 0 Å². The van der Waals surface area contributed by atoms with E-state index in [0.717, 1.165) is 0 Å². The summed E-state index contributed by atoms with van der Waals surface area (Å²) in [6.07, 6.45) is -7.65. The monoisotopic (exact) mass is 600 g/mol. The van der Waals surface area contributed by atoms with Gasteiger partial charge in [0.15, 0.2) is 24.2 Å². The van der Waals surface area contributed by atoms with Crippen LogP contribution in [0.4, 0.5) is 0 Å². The second kappa shape index (κ2) is 10.5. The van der Waals surface area contributed by atoms with Crippen LogP contribution in [0.2, 0.25) is 5.02 Å². The number of hydrogen-bond acceptors (Lipinski definition) is 11. The van der Waals surface area contributed by atoms with Gasteiger partial charge in [0.2, 0.25) is 0 Å². The molecule has 2 aromatic rings. The fraction of sp³-hybridized carbons (Fsp3) is 0.741. The van der Waals surface area contributed by atoms with E-state index in [1.54, 1.807) is 45.9 Å². The third-order valence-electron chi connectivity index (χ3n) is 8.08. The first kappa shape index (κ1) is 29.5. The standard InChI is InChI=1S/C27H37ClN2O11/c1-26(2)38-21-19(34-5)17(36-23(21)40-26)15(31)10-29-13-8-7-12(28)9-14(13)30(25(29)33)11-16(32)18-20(35-6)22-24(37-18)41-27(3,4)39-22/h7-9,15-24,31-32H,10-11H2,1-6H3/t15-,16+,17+,18+,19-,20-,21+,22+,23-,24+/m0/s1. The number of aliphatic hydroxyl groups excluding tert-OH is 2. The molecule has 0 amide bonds. The molecule has 4 saturated heterocycles. The zero-order valence-electron chi connectivity index (χ0n) is 23.8. The van der Waals surface area contributed by atoms with Gasteiger partial charge in [-0.2, -0.15) is 0 Å². The summed E-state index contributed by atoms with van der Waals surface area (Å²) in [5, 5.41) is 23.0. The molecule has 0 bridgehead atoms. The Morgan fingerprint density at radius 3 is 1.76 bits per heavy atom. The fourth-order valence-corrected chi connectivity index (χ4v) is 6.56. The number of hydrogen-bond donors (Lipinski definition) is 2. The van der Waals surface area contributed by atoms with Gasteiger partial charge in [-0.15, -0.1) is 0 Å². The Morgan fingerprint density at radius 1 is 0.829 bits per heavy atom. The largest absolute Gasteiger partial charge is 0.388 e. The third kappa shape index (κ3) is 5.14. The predicted octanol–water partition coefficient (Wildman–Crippen LogP) is 0.961. The highest BCUT2D eigenvalue weighted by Gasteiger charge is 2.58. The lowest BCUT2D eigenvalue weighted by Crippen LogP contribution is -2.46. The second-order valence-corrected chi connectivity index (χ2v) is 12.2. The van der Waals surface area contributed by atoms with Crippen molar-refractivity contribution in [2.24, 2.45) is 0 Å². The van der Waals surface area contributed by atoms with Gasteiger partial charge in [0, 0.05) is 19.2 Å². The van der Waals surface area contributed by atoms with E-state index >= 15 is 0 Å². The van der Waals surface area contributed by atoms with Crippen LogP contribution in [0.15, 0.2) is 23.0 Å². The molecule has 4 aliphatic rings. The Kier molecular flexibility index (Phi) is 7.56. The highest BCUT2D eigenvalue weighted by atomic mass is 35.5. The Hall–Kier alpha value is -1.62. The van der Waals surface area contributed by atoms with Crippen molar-refractivity contribution in [2.75, 3.05) is 14.2 Å². The number of methoxy groups -OCH3 is 2. The first-order valence-corrected chi connectivity index (χ1v) is 14.0. The molecule has 14 heteroatoms. The minimum Gasteiger partial charge on any atom is -0.388 e. The van der Waals surface area contributed by atoms with E-state index in [4.69, 9.17) is 49.5 Å². The van der Waals surface area contributed by atoms with E-state index in [-0.39, 0.29) is 13.1 Å². The van der Waals surface area contributed by atoms with Gasteiger partial charge in [0.05, 0.1) is 24.1 Å². The van der Waals surface area contributed by atoms with Crippen LogP contribution < -0.4 is 5.69 Å². The van der Waals surface area contributed by atoms with Gasteiger partial charge < -0.3 is 48.1 Å². The van der Waals surface area contributed by atoms with Crippen molar-refractivity contribution in [3.63, 3.8) is 0 Å². The molecule has 4 aliphatic heterocycles. The Bertz CT molecular complexity index is 1340. The van der Waals surface area contributed by atoms with Crippen molar-refractivity contribution in [1.82, 2.24) is 9.13 Å². The minimum absolute atomic E-state index is 0.116. The van der Waals surface area contributed by atoms with Crippen molar-refractivity contribution in [2.45, 2.75) is 114 Å². The molecule has 2 N–H and O–H groups in total. The topological polar surface area (TPSA) is 141 Å². The number of halogens is 1. The van der Waals surface area contributed by atoms with Gasteiger partial charge >= 0.3 is 5.69 Å². The van der Waals surface area contributed by atoms with Crippen LogP contribution in [0.3, 0.4) is 0 Å². The van der Waals surface area contributed by atoms with Crippen molar-refractivity contribution in [3.05, 3.63) is 33.7 Å². The molecular weight excluding hydrogens is 564 g/mol. The zero-order chi connectivity index (χ0) is 29.4. The maximum Gasteiger partial charge on any atom is 0.329 e. The molecule has 41 heavy (non-hydrogen) atoms. The number of imidazole rings is 1. The smallest absolute Gasteiger partial charge is 0.329 e. The average molecular weight is 601 g/mol. The third-order valence-corrected chi connectivity index (χ3v) is 8.31. The molecule has 0 unspecified atom stereocenters. The number of nitrogens with zero attached hydrogens (tertiary/aromatic N) is 2. The quantitative estimate of drug-likeness (QED) is 0.447. The number of benzene rings is 1. The van der Waals surface area contributed by atoms with Crippen LogP contribution >= 0.6 is 11.6 Å². The summed E-state index contributed by atoms with van der Waals surface area (Å²) in [6.45, 7) is 6.86. The number of fused-ring (bicyclic) bond motifs is 3. The number of ether oxygens (including phenoxy) is 8. The van der Waals surface area contributed by atoms with E-state index in [0.29, 0.717) is 16.1 Å². The molecule has 13 nitrogen and oxygen atoms in total. The summed E-state index contributed by atoms with van der Waals surface area (Å²) in [7, 11) is 3.02. The van der Waals surface area contributed by atoms with E-state index in [9.17, 15) is 15.0 Å². The molecule has 4 fully saturated rings. The molecule has 0 spiro atoms. The summed E-state index contributed by atoms with van der Waals surface area (Å²) in [5.41, 5.74) is 0.546. The van der Waals surface area contributed by atoms with Gasteiger partial charge in [-0.05, 0) is 45.9 Å². The summed E-state index contributed by atoms with van der Waals surface area (Å²) in [4.78, 5) is 13.8. The minimum atomic E-state index is -1.16. The second-order valence-electron chi connectivity index (χ2n) is 11.8. The lowest BCUT2D eigenvalue weighted by Gasteiger charge is -2.28. The lowest BCUT2D eigenvalue weighted by atomic mass is 10.1. The van der Waals surface area contributed by atoms with Crippen molar-refractivity contribution < 1.29 is 48.1 Å². The van der Waals surface area contributed by atoms with Gasteiger partial charge in [-0.1, -0.05) is 11.6 Å². The number of aliphatic hydroxyl groups is 2. The highest BCUT2D eigenvalue weighted by molar-refractivity contribution is 6.31. The Balaban J connectivity index is 1.25. The molecular formula is C27H37ClN2O11. The Labute approximate surface area is 241 Å². The first-order valence-electron chi connectivity index (χ1n) is 13.6. The Morgan fingerprint density at radius 2 is 1.29 bits per heavy atom. The van der Waals surface area contributed by atoms with Gasteiger partial charge in [-0.25, -0.2) is 4.79 Å². The number of aromatic nitrogens is 2. The fourth-order valence-electron chi connectivity index (χ4n) is 6.39. The predicted molar refractivity (Wildman–Crippen MR) is 142 cm³/mol. The zero-order valence-corrected chi connectivity index (χ0v) is 24.5. The molecule has 1 aromatic carbocycles. The maximum atomic E-state index is 13.8. The number of rotatable bonds is 8. The molecule has 6 rings (SSSR count). The summed E-state index contributed by atoms with van der Waals surface area (Å²) in [6, 6.07) is 4.99. The van der Waals surface area contributed by atoms with E-state index in [1.807, 2.05) is 0 Å². The molecule has 0 radical (unpaired) electrons. The van der Waals surface area contributed by atoms with Crippen LogP contribution in [0.5, 0.6) is 0 Å². The van der Waals surface area contributed by atoms with Crippen molar-refractivity contribution >= 4 is 22.6 Å². The average Bonchev–Trinajstić information content (AvgIpc) is 3.63. The lowest BCUT2D eigenvalue weighted by molar-refractivity contribution is -0.228. The van der Waals surface area contributed by atoms with Gasteiger partial charge in [0.25, 0.3) is 0 Å². The van der Waals surface area contributed by atoms with Crippen LogP contribution in [-0.4, -0.2) is 107 Å². The molecule has 228 valence electrons. The van der Waals surface area contributed by atoms with Crippen molar-refractivity contribution in [3.8, 4) is 0 Å². The van der Waals surface area contributed by atoms with Crippen LogP contribution in [0.1, 0.15) is 27.7 Å². The maximum absolute atomic E-state index is 13.8. The molecule has 0 saturated carbocycles. The molecule has 10 atom stereocenters. The molecule has 0 aliphatic carbocycles. The van der Waals surface area contributed by atoms with Crippen LogP contribution in [0.25, 0.3) is 11.0 Å². The summed E-state index contributed by atoms with van der Waals surface area (Å²) in [5.74, 6) is -1.69. The van der Waals surface area contributed by atoms with Gasteiger partial charge in [-0.3, -0.25) is 9.13 Å². The van der Waals surface area contributed by atoms with E-state index < -0.39 is 78.7 Å².